The zero-order valence-corrected chi connectivity index (χ0v) is 9.91. The Balaban J connectivity index is 2.56. The molecule has 1 atom stereocenters. The molecule has 2 aromatic rings. The summed E-state index contributed by atoms with van der Waals surface area (Å²) in [4.78, 5) is 0. The van der Waals surface area contributed by atoms with Crippen molar-refractivity contribution in [2.45, 2.75) is 12.5 Å². The SMILES string of the molecule is Cn1c(C(O)CCN)cc2cccc(Cl)c21. The summed E-state index contributed by atoms with van der Waals surface area (Å²) in [6.07, 6.45) is 0.0281. The highest BCUT2D eigenvalue weighted by Crippen LogP contribution is 2.29. The quantitative estimate of drug-likeness (QED) is 0.862. The molecule has 0 aliphatic carbocycles. The van der Waals surface area contributed by atoms with Crippen molar-refractivity contribution in [2.24, 2.45) is 12.8 Å². The van der Waals surface area contributed by atoms with Crippen molar-refractivity contribution in [3.8, 4) is 0 Å². The van der Waals surface area contributed by atoms with Crippen molar-refractivity contribution in [1.29, 1.82) is 0 Å². The lowest BCUT2D eigenvalue weighted by Gasteiger charge is -2.11. The number of hydrogen-bond acceptors (Lipinski definition) is 2. The van der Waals surface area contributed by atoms with Crippen molar-refractivity contribution in [3.05, 3.63) is 35.0 Å². The molecule has 0 fully saturated rings. The second kappa shape index (κ2) is 4.45. The number of rotatable bonds is 3. The van der Waals surface area contributed by atoms with Crippen LogP contribution < -0.4 is 5.73 Å². The van der Waals surface area contributed by atoms with Gasteiger partial charge in [0.15, 0.2) is 0 Å². The Kier molecular flexibility index (Phi) is 3.19. The number of aliphatic hydroxyl groups excluding tert-OH is 1. The highest BCUT2D eigenvalue weighted by molar-refractivity contribution is 6.35. The van der Waals surface area contributed by atoms with Gasteiger partial charge >= 0.3 is 0 Å². The largest absolute Gasteiger partial charge is 0.387 e. The number of aryl methyl sites for hydroxylation is 1. The van der Waals surface area contributed by atoms with E-state index in [1.165, 1.54) is 0 Å². The predicted molar refractivity (Wildman–Crippen MR) is 66.6 cm³/mol. The number of benzene rings is 1. The van der Waals surface area contributed by atoms with Crippen LogP contribution in [0.3, 0.4) is 0 Å². The van der Waals surface area contributed by atoms with Gasteiger partial charge in [-0.1, -0.05) is 23.7 Å². The van der Waals surface area contributed by atoms with Crippen LogP contribution in [0.1, 0.15) is 18.2 Å². The molecule has 0 bridgehead atoms. The van der Waals surface area contributed by atoms with Crippen LogP contribution in [0.4, 0.5) is 0 Å². The van der Waals surface area contributed by atoms with Gasteiger partial charge in [0.25, 0.3) is 0 Å². The number of aromatic nitrogens is 1. The second-order valence-electron chi connectivity index (χ2n) is 3.90. The maximum atomic E-state index is 9.95. The number of aliphatic hydroxyl groups is 1. The zero-order chi connectivity index (χ0) is 11.7. The maximum absolute atomic E-state index is 9.95. The molecule has 0 amide bonds. The van der Waals surface area contributed by atoms with Crippen molar-refractivity contribution < 1.29 is 5.11 Å². The number of nitrogens with zero attached hydrogens (tertiary/aromatic N) is 1. The van der Waals surface area contributed by atoms with E-state index >= 15 is 0 Å². The smallest absolute Gasteiger partial charge is 0.0952 e. The van der Waals surface area contributed by atoms with E-state index in [4.69, 9.17) is 17.3 Å². The molecule has 2 rings (SSSR count). The molecule has 0 radical (unpaired) electrons. The molecular formula is C12H15ClN2O. The predicted octanol–water partition coefficient (Wildman–Crippen LogP) is 2.21. The van der Waals surface area contributed by atoms with Crippen LogP contribution in [0.25, 0.3) is 10.9 Å². The Morgan fingerprint density at radius 3 is 2.88 bits per heavy atom. The molecule has 0 spiro atoms. The number of para-hydroxylation sites is 1. The number of halogens is 1. The van der Waals surface area contributed by atoms with Crippen LogP contribution in [0.2, 0.25) is 5.02 Å². The summed E-state index contributed by atoms with van der Waals surface area (Å²) < 4.78 is 1.93. The lowest BCUT2D eigenvalue weighted by Crippen LogP contribution is -2.09. The van der Waals surface area contributed by atoms with E-state index in [0.717, 1.165) is 16.6 Å². The molecule has 1 aromatic heterocycles. The molecule has 0 saturated carbocycles. The number of nitrogens with two attached hydrogens (primary N) is 1. The molecule has 86 valence electrons. The van der Waals surface area contributed by atoms with E-state index in [2.05, 4.69) is 0 Å². The monoisotopic (exact) mass is 238 g/mol. The minimum Gasteiger partial charge on any atom is -0.387 e. The Bertz CT molecular complexity index is 507. The third-order valence-electron chi connectivity index (χ3n) is 2.83. The van der Waals surface area contributed by atoms with Gasteiger partial charge in [0.1, 0.15) is 0 Å². The molecular weight excluding hydrogens is 224 g/mol. The number of fused-ring (bicyclic) bond motifs is 1. The van der Waals surface area contributed by atoms with E-state index in [-0.39, 0.29) is 0 Å². The Morgan fingerprint density at radius 1 is 1.50 bits per heavy atom. The Labute approximate surface area is 99.4 Å². The van der Waals surface area contributed by atoms with Gasteiger partial charge in [-0.3, -0.25) is 0 Å². The van der Waals surface area contributed by atoms with Crippen LogP contribution in [-0.4, -0.2) is 16.2 Å². The summed E-state index contributed by atoms with van der Waals surface area (Å²) in [5, 5.41) is 11.7. The summed E-state index contributed by atoms with van der Waals surface area (Å²) in [6, 6.07) is 7.70. The van der Waals surface area contributed by atoms with E-state index in [1.807, 2.05) is 35.9 Å². The van der Waals surface area contributed by atoms with Crippen molar-refractivity contribution in [2.75, 3.05) is 6.54 Å². The van der Waals surface area contributed by atoms with E-state index in [0.29, 0.717) is 18.0 Å². The van der Waals surface area contributed by atoms with Gasteiger partial charge in [-0.25, -0.2) is 0 Å². The van der Waals surface area contributed by atoms with Crippen LogP contribution in [0.5, 0.6) is 0 Å². The fourth-order valence-electron chi connectivity index (χ4n) is 2.01. The van der Waals surface area contributed by atoms with Gasteiger partial charge in [-0.2, -0.15) is 0 Å². The molecule has 0 saturated heterocycles. The van der Waals surface area contributed by atoms with Gasteiger partial charge in [0, 0.05) is 18.1 Å². The second-order valence-corrected chi connectivity index (χ2v) is 4.31. The van der Waals surface area contributed by atoms with E-state index < -0.39 is 6.10 Å². The minimum atomic E-state index is -0.529. The van der Waals surface area contributed by atoms with Gasteiger partial charge < -0.3 is 15.4 Å². The lowest BCUT2D eigenvalue weighted by atomic mass is 10.2. The fourth-order valence-corrected chi connectivity index (χ4v) is 2.32. The van der Waals surface area contributed by atoms with Crippen LogP contribution >= 0.6 is 11.6 Å². The maximum Gasteiger partial charge on any atom is 0.0952 e. The zero-order valence-electron chi connectivity index (χ0n) is 9.15. The topological polar surface area (TPSA) is 51.2 Å². The Morgan fingerprint density at radius 2 is 2.25 bits per heavy atom. The van der Waals surface area contributed by atoms with E-state index in [1.54, 1.807) is 0 Å². The first-order chi connectivity index (χ1) is 7.65. The Hall–Kier alpha value is -1.03. The van der Waals surface area contributed by atoms with Crippen LogP contribution in [0.15, 0.2) is 24.3 Å². The average Bonchev–Trinajstić information content (AvgIpc) is 2.58. The summed E-state index contributed by atoms with van der Waals surface area (Å²) in [7, 11) is 1.91. The first kappa shape index (κ1) is 11.5. The molecule has 3 nitrogen and oxygen atoms in total. The fraction of sp³-hybridized carbons (Fsp3) is 0.333. The van der Waals surface area contributed by atoms with Gasteiger partial charge in [0.05, 0.1) is 16.6 Å². The summed E-state index contributed by atoms with van der Waals surface area (Å²) in [5.74, 6) is 0. The molecule has 0 aliphatic rings. The number of hydrogen-bond donors (Lipinski definition) is 2. The van der Waals surface area contributed by atoms with Crippen molar-refractivity contribution >= 4 is 22.5 Å². The first-order valence-corrected chi connectivity index (χ1v) is 5.65. The molecule has 1 unspecified atom stereocenters. The minimum absolute atomic E-state index is 0.469. The molecule has 0 aliphatic heterocycles. The third kappa shape index (κ3) is 1.82. The molecule has 1 aromatic carbocycles. The van der Waals surface area contributed by atoms with E-state index in [9.17, 15) is 5.11 Å². The summed E-state index contributed by atoms with van der Waals surface area (Å²) >= 11 is 6.13. The molecule has 16 heavy (non-hydrogen) atoms. The van der Waals surface area contributed by atoms with Gasteiger partial charge in [-0.15, -0.1) is 0 Å². The summed E-state index contributed by atoms with van der Waals surface area (Å²) in [5.41, 5.74) is 7.25. The normalized spacial score (nSPS) is 13.2. The summed E-state index contributed by atoms with van der Waals surface area (Å²) in [6.45, 7) is 0.469. The highest BCUT2D eigenvalue weighted by atomic mass is 35.5. The van der Waals surface area contributed by atoms with Crippen LogP contribution in [0, 0.1) is 0 Å². The van der Waals surface area contributed by atoms with Gasteiger partial charge in [-0.05, 0) is 25.1 Å². The lowest BCUT2D eigenvalue weighted by molar-refractivity contribution is 0.162. The van der Waals surface area contributed by atoms with Gasteiger partial charge in [0.2, 0.25) is 0 Å². The standard InChI is InChI=1S/C12H15ClN2O/c1-15-10(11(16)5-6-14)7-8-3-2-4-9(13)12(8)15/h2-4,7,11,16H,5-6,14H2,1H3. The molecule has 4 heteroatoms. The third-order valence-corrected chi connectivity index (χ3v) is 3.13. The van der Waals surface area contributed by atoms with Crippen molar-refractivity contribution in [3.63, 3.8) is 0 Å². The van der Waals surface area contributed by atoms with Crippen LogP contribution in [-0.2, 0) is 7.05 Å². The molecule has 3 N–H and O–H groups in total. The highest BCUT2D eigenvalue weighted by Gasteiger charge is 2.14. The first-order valence-electron chi connectivity index (χ1n) is 5.27. The average molecular weight is 239 g/mol. The molecule has 1 heterocycles. The van der Waals surface area contributed by atoms with Crippen molar-refractivity contribution in [1.82, 2.24) is 4.57 Å².